The average molecular weight is 518 g/mol. The predicted molar refractivity (Wildman–Crippen MR) is 112 cm³/mol. The van der Waals surface area contributed by atoms with Gasteiger partial charge in [0.15, 0.2) is 0 Å². The highest BCUT2D eigenvalue weighted by molar-refractivity contribution is 9.10. The van der Waals surface area contributed by atoms with Gasteiger partial charge in [-0.1, -0.05) is 18.2 Å². The van der Waals surface area contributed by atoms with E-state index in [1.54, 1.807) is 0 Å². The Hall–Kier alpha value is -1.84. The molecule has 1 amide bonds. The first-order valence-electron chi connectivity index (χ1n) is 8.75. The van der Waals surface area contributed by atoms with E-state index in [0.29, 0.717) is 29.1 Å². The first-order valence-corrected chi connectivity index (χ1v) is 12.0. The highest BCUT2D eigenvalue weighted by Crippen LogP contribution is 2.62. The minimum Gasteiger partial charge on any atom is -0.491 e. The van der Waals surface area contributed by atoms with Gasteiger partial charge >= 0.3 is 13.3 Å². The van der Waals surface area contributed by atoms with Gasteiger partial charge < -0.3 is 19.8 Å². The summed E-state index contributed by atoms with van der Waals surface area (Å²) in [6.07, 6.45) is 0.602. The van der Waals surface area contributed by atoms with Crippen LogP contribution in [-0.4, -0.2) is 28.3 Å². The Labute approximate surface area is 182 Å². The fourth-order valence-electron chi connectivity index (χ4n) is 3.22. The SMILES string of the molecule is O=C(NC1COc2ccccc2C1)c1ccc2sc(C(F)(F)P(=O)(O)O)c(Br)c2c1. The fourth-order valence-corrected chi connectivity index (χ4v) is 6.15. The molecule has 1 aliphatic rings. The zero-order valence-electron chi connectivity index (χ0n) is 15.1. The number of carbonyl (C=O) groups excluding carboxylic acids is 1. The van der Waals surface area contributed by atoms with Crippen LogP contribution in [0.5, 0.6) is 5.75 Å². The number of amides is 1. The van der Waals surface area contributed by atoms with Gasteiger partial charge in [0, 0.05) is 20.1 Å². The van der Waals surface area contributed by atoms with Crippen molar-refractivity contribution in [2.24, 2.45) is 0 Å². The second-order valence-electron chi connectivity index (χ2n) is 6.83. The zero-order valence-corrected chi connectivity index (χ0v) is 18.4. The topological polar surface area (TPSA) is 95.9 Å². The zero-order chi connectivity index (χ0) is 21.7. The Morgan fingerprint density at radius 2 is 2.00 bits per heavy atom. The lowest BCUT2D eigenvalue weighted by Crippen LogP contribution is -2.42. The Balaban J connectivity index is 1.59. The van der Waals surface area contributed by atoms with Crippen molar-refractivity contribution in [2.45, 2.75) is 18.1 Å². The number of nitrogens with one attached hydrogen (secondary N) is 1. The molecular weight excluding hydrogens is 503 g/mol. The molecular formula is C19H15BrF2NO5PS. The molecule has 30 heavy (non-hydrogen) atoms. The molecule has 3 aromatic rings. The normalized spacial score (nSPS) is 16.8. The molecule has 0 spiro atoms. The van der Waals surface area contributed by atoms with Gasteiger partial charge in [-0.05, 0) is 52.2 Å². The van der Waals surface area contributed by atoms with Crippen molar-refractivity contribution in [1.29, 1.82) is 0 Å². The van der Waals surface area contributed by atoms with Gasteiger partial charge in [-0.15, -0.1) is 11.3 Å². The molecule has 6 nitrogen and oxygen atoms in total. The van der Waals surface area contributed by atoms with Crippen molar-refractivity contribution < 1.29 is 32.7 Å². The smallest absolute Gasteiger partial charge is 0.400 e. The molecule has 0 bridgehead atoms. The molecule has 4 rings (SSSR count). The number of carbonyl (C=O) groups is 1. The Morgan fingerprint density at radius 1 is 1.27 bits per heavy atom. The molecule has 1 aliphatic heterocycles. The van der Waals surface area contributed by atoms with Crippen LogP contribution in [0.15, 0.2) is 46.9 Å². The Bertz CT molecular complexity index is 1190. The standard InChI is InChI=1S/C19H15BrF2NO5PS/c20-16-13-8-11(5-6-15(13)30-17(16)19(21,22)29(25,26)27)18(24)23-12-7-10-3-1-2-4-14(10)28-9-12/h1-6,8,12H,7,9H2,(H,23,24)(H2,25,26,27). The quantitative estimate of drug-likeness (QED) is 0.438. The highest BCUT2D eigenvalue weighted by Gasteiger charge is 2.53. The Kier molecular flexibility index (Phi) is 5.48. The molecule has 11 heteroatoms. The molecule has 0 saturated carbocycles. The van der Waals surface area contributed by atoms with E-state index >= 15 is 0 Å². The molecule has 3 N–H and O–H groups in total. The van der Waals surface area contributed by atoms with E-state index in [4.69, 9.17) is 14.5 Å². The monoisotopic (exact) mass is 517 g/mol. The number of hydrogen-bond acceptors (Lipinski definition) is 4. The number of alkyl halides is 2. The summed E-state index contributed by atoms with van der Waals surface area (Å²) in [5.41, 5.74) is -3.11. The largest absolute Gasteiger partial charge is 0.491 e. The van der Waals surface area contributed by atoms with E-state index in [0.717, 1.165) is 11.3 Å². The van der Waals surface area contributed by atoms with Gasteiger partial charge in [-0.3, -0.25) is 9.36 Å². The molecule has 0 fully saturated rings. The number of para-hydroxylation sites is 1. The van der Waals surface area contributed by atoms with Crippen LogP contribution in [0.2, 0.25) is 0 Å². The predicted octanol–water partition coefficient (Wildman–Crippen LogP) is 4.62. The van der Waals surface area contributed by atoms with Crippen LogP contribution in [0.1, 0.15) is 20.8 Å². The third-order valence-corrected chi connectivity index (χ3v) is 8.18. The first-order chi connectivity index (χ1) is 14.1. The van der Waals surface area contributed by atoms with Gasteiger partial charge in [0.25, 0.3) is 5.91 Å². The van der Waals surface area contributed by atoms with E-state index < -0.39 is 24.0 Å². The van der Waals surface area contributed by atoms with E-state index in [-0.39, 0.29) is 21.5 Å². The molecule has 0 aliphatic carbocycles. The second kappa shape index (κ2) is 7.69. The maximum Gasteiger partial charge on any atom is 0.400 e. The molecule has 2 aromatic carbocycles. The van der Waals surface area contributed by atoms with E-state index in [1.807, 2.05) is 24.3 Å². The molecule has 0 saturated heterocycles. The number of ether oxygens (including phenoxy) is 1. The fraction of sp³-hybridized carbons (Fsp3) is 0.211. The second-order valence-corrected chi connectivity index (χ2v) is 10.3. The summed E-state index contributed by atoms with van der Waals surface area (Å²) in [4.78, 5) is 29.9. The van der Waals surface area contributed by atoms with Crippen molar-refractivity contribution in [3.8, 4) is 5.75 Å². The van der Waals surface area contributed by atoms with E-state index in [9.17, 15) is 18.1 Å². The number of thiophene rings is 1. The first kappa shape index (κ1) is 21.4. The van der Waals surface area contributed by atoms with E-state index in [1.165, 1.54) is 18.2 Å². The lowest BCUT2D eigenvalue weighted by molar-refractivity contribution is 0.0595. The van der Waals surface area contributed by atoms with Gasteiger partial charge in [0.1, 0.15) is 17.2 Å². The minimum atomic E-state index is -5.70. The molecule has 1 atom stereocenters. The van der Waals surface area contributed by atoms with Crippen molar-refractivity contribution in [1.82, 2.24) is 5.32 Å². The molecule has 1 aromatic heterocycles. The van der Waals surface area contributed by atoms with Crippen LogP contribution in [0.4, 0.5) is 8.78 Å². The van der Waals surface area contributed by atoms with Crippen LogP contribution < -0.4 is 10.1 Å². The summed E-state index contributed by atoms with van der Waals surface area (Å²) in [6, 6.07) is 11.7. The van der Waals surface area contributed by atoms with Crippen molar-refractivity contribution >= 4 is 50.9 Å². The van der Waals surface area contributed by atoms with Crippen molar-refractivity contribution in [3.05, 3.63) is 62.9 Å². The minimum absolute atomic E-state index is 0.139. The third kappa shape index (κ3) is 3.78. The lowest BCUT2D eigenvalue weighted by atomic mass is 10.0. The number of benzene rings is 2. The van der Waals surface area contributed by atoms with Gasteiger partial charge in [0.05, 0.1) is 6.04 Å². The molecule has 2 heterocycles. The lowest BCUT2D eigenvalue weighted by Gasteiger charge is -2.26. The Morgan fingerprint density at radius 3 is 2.73 bits per heavy atom. The van der Waals surface area contributed by atoms with Gasteiger partial charge in [-0.25, -0.2) is 0 Å². The molecule has 1 unspecified atom stereocenters. The summed E-state index contributed by atoms with van der Waals surface area (Å²) < 4.78 is 45.5. The number of hydrogen-bond donors (Lipinski definition) is 3. The van der Waals surface area contributed by atoms with Gasteiger partial charge in [0.2, 0.25) is 0 Å². The summed E-state index contributed by atoms with van der Waals surface area (Å²) in [5, 5.41) is 3.15. The van der Waals surface area contributed by atoms with E-state index in [2.05, 4.69) is 21.2 Å². The maximum atomic E-state index is 14.2. The van der Waals surface area contributed by atoms with Crippen LogP contribution in [0, 0.1) is 0 Å². The average Bonchev–Trinajstić information content (AvgIpc) is 3.03. The third-order valence-electron chi connectivity index (χ3n) is 4.74. The summed E-state index contributed by atoms with van der Waals surface area (Å²) in [7, 11) is -5.70. The van der Waals surface area contributed by atoms with Crippen LogP contribution in [0.3, 0.4) is 0 Å². The number of halogens is 3. The maximum absolute atomic E-state index is 14.2. The van der Waals surface area contributed by atoms with Crippen LogP contribution >= 0.6 is 34.9 Å². The summed E-state index contributed by atoms with van der Waals surface area (Å²) >= 11 is 3.58. The molecule has 0 radical (unpaired) electrons. The highest BCUT2D eigenvalue weighted by atomic mass is 79.9. The summed E-state index contributed by atoms with van der Waals surface area (Å²) in [6.45, 7) is 0.311. The summed E-state index contributed by atoms with van der Waals surface area (Å²) in [5.74, 6) is 0.386. The van der Waals surface area contributed by atoms with Crippen molar-refractivity contribution in [2.75, 3.05) is 6.61 Å². The van der Waals surface area contributed by atoms with Crippen LogP contribution in [-0.2, 0) is 16.6 Å². The number of fused-ring (bicyclic) bond motifs is 2. The number of rotatable bonds is 4. The van der Waals surface area contributed by atoms with Gasteiger partial charge in [-0.2, -0.15) is 8.78 Å². The van der Waals surface area contributed by atoms with Crippen LogP contribution in [0.25, 0.3) is 10.1 Å². The molecule has 158 valence electrons. The van der Waals surface area contributed by atoms with Crippen molar-refractivity contribution in [3.63, 3.8) is 0 Å².